The Kier molecular flexibility index (Phi) is 5.72. The van der Waals surface area contributed by atoms with Crippen molar-refractivity contribution in [3.8, 4) is 0 Å². The van der Waals surface area contributed by atoms with Crippen molar-refractivity contribution in [2.45, 2.75) is 64.5 Å². The molecule has 0 spiro atoms. The predicted molar refractivity (Wildman–Crippen MR) is 83.7 cm³/mol. The highest BCUT2D eigenvalue weighted by atomic mass is 35.5. The Balaban J connectivity index is 1.82. The van der Waals surface area contributed by atoms with Gasteiger partial charge in [0, 0.05) is 17.1 Å². The third-order valence-corrected chi connectivity index (χ3v) is 4.61. The zero-order chi connectivity index (χ0) is 13.7. The van der Waals surface area contributed by atoms with Gasteiger partial charge in [0.1, 0.15) is 0 Å². The van der Waals surface area contributed by atoms with Gasteiger partial charge in [0.25, 0.3) is 0 Å². The molecule has 1 atom stereocenters. The molecule has 19 heavy (non-hydrogen) atoms. The molecule has 0 radical (unpaired) electrons. The van der Waals surface area contributed by atoms with Gasteiger partial charge < -0.3 is 5.32 Å². The maximum absolute atomic E-state index is 6.06. The second kappa shape index (κ2) is 7.31. The van der Waals surface area contributed by atoms with Crippen LogP contribution in [0.5, 0.6) is 0 Å². The van der Waals surface area contributed by atoms with Crippen LogP contribution >= 0.6 is 11.6 Å². The molecule has 1 saturated carbocycles. The van der Waals surface area contributed by atoms with Crippen molar-refractivity contribution in [1.29, 1.82) is 0 Å². The van der Waals surface area contributed by atoms with Crippen LogP contribution in [0.4, 0.5) is 0 Å². The van der Waals surface area contributed by atoms with Gasteiger partial charge in [-0.1, -0.05) is 43.5 Å². The van der Waals surface area contributed by atoms with Gasteiger partial charge in [0.2, 0.25) is 0 Å². The minimum absolute atomic E-state index is 0.395. The second-order valence-corrected chi connectivity index (χ2v) is 6.39. The van der Waals surface area contributed by atoms with Crippen LogP contribution in [0.2, 0.25) is 5.02 Å². The van der Waals surface area contributed by atoms with Crippen molar-refractivity contribution in [2.24, 2.45) is 5.92 Å². The first-order valence-electron chi connectivity index (χ1n) is 7.70. The lowest BCUT2D eigenvalue weighted by Crippen LogP contribution is -2.35. The summed E-state index contributed by atoms with van der Waals surface area (Å²) in [5, 5.41) is 4.60. The Morgan fingerprint density at radius 3 is 2.63 bits per heavy atom. The molecule has 0 unspecified atom stereocenters. The molecule has 1 aromatic rings. The van der Waals surface area contributed by atoms with Crippen LogP contribution in [0, 0.1) is 5.92 Å². The predicted octanol–water partition coefficient (Wildman–Crippen LogP) is 5.35. The van der Waals surface area contributed by atoms with Crippen molar-refractivity contribution in [2.75, 3.05) is 0 Å². The molecule has 0 amide bonds. The highest BCUT2D eigenvalue weighted by Gasteiger charge is 2.21. The van der Waals surface area contributed by atoms with E-state index in [4.69, 9.17) is 11.6 Å². The average Bonchev–Trinajstić information content (AvgIpc) is 2.41. The fraction of sp³-hybridized carbons (Fsp3) is 0.647. The van der Waals surface area contributed by atoms with Crippen LogP contribution < -0.4 is 5.32 Å². The minimum Gasteiger partial charge on any atom is -0.307 e. The molecule has 2 heteroatoms. The van der Waals surface area contributed by atoms with Crippen LogP contribution in [0.15, 0.2) is 24.3 Å². The van der Waals surface area contributed by atoms with Gasteiger partial charge >= 0.3 is 0 Å². The summed E-state index contributed by atoms with van der Waals surface area (Å²) >= 11 is 6.06. The molecule has 106 valence electrons. The van der Waals surface area contributed by atoms with Crippen molar-refractivity contribution >= 4 is 11.6 Å². The summed E-state index contributed by atoms with van der Waals surface area (Å²) in [4.78, 5) is 0. The highest BCUT2D eigenvalue weighted by Crippen LogP contribution is 2.29. The van der Waals surface area contributed by atoms with E-state index in [0.717, 1.165) is 10.9 Å². The second-order valence-electron chi connectivity index (χ2n) is 5.95. The summed E-state index contributed by atoms with van der Waals surface area (Å²) in [5.74, 6) is 0.976. The van der Waals surface area contributed by atoms with E-state index in [0.29, 0.717) is 12.1 Å². The zero-order valence-corrected chi connectivity index (χ0v) is 12.9. The van der Waals surface area contributed by atoms with E-state index in [2.05, 4.69) is 31.3 Å². The van der Waals surface area contributed by atoms with Crippen molar-refractivity contribution in [3.63, 3.8) is 0 Å². The quantitative estimate of drug-likeness (QED) is 0.766. The average molecular weight is 280 g/mol. The molecule has 1 fully saturated rings. The van der Waals surface area contributed by atoms with Gasteiger partial charge in [-0.25, -0.2) is 0 Å². The lowest BCUT2D eigenvalue weighted by Gasteiger charge is -2.31. The van der Waals surface area contributed by atoms with Crippen molar-refractivity contribution in [1.82, 2.24) is 5.32 Å². The molecule has 0 heterocycles. The summed E-state index contributed by atoms with van der Waals surface area (Å²) in [6.45, 7) is 4.54. The monoisotopic (exact) mass is 279 g/mol. The van der Waals surface area contributed by atoms with E-state index < -0.39 is 0 Å². The Morgan fingerprint density at radius 2 is 2.00 bits per heavy atom. The topological polar surface area (TPSA) is 12.0 Å². The molecular weight excluding hydrogens is 254 g/mol. The zero-order valence-electron chi connectivity index (χ0n) is 12.2. The van der Waals surface area contributed by atoms with Gasteiger partial charge in [-0.3, -0.25) is 0 Å². The van der Waals surface area contributed by atoms with Crippen LogP contribution in [0.3, 0.4) is 0 Å². The molecule has 0 aliphatic heterocycles. The number of halogens is 1. The van der Waals surface area contributed by atoms with E-state index in [-0.39, 0.29) is 0 Å². The molecule has 1 nitrogen and oxygen atoms in total. The first-order valence-corrected chi connectivity index (χ1v) is 8.08. The van der Waals surface area contributed by atoms with Gasteiger partial charge in [-0.15, -0.1) is 0 Å². The Hall–Kier alpha value is -0.530. The van der Waals surface area contributed by atoms with Gasteiger partial charge in [0.15, 0.2) is 0 Å². The number of benzene rings is 1. The van der Waals surface area contributed by atoms with Crippen molar-refractivity contribution < 1.29 is 0 Å². The van der Waals surface area contributed by atoms with E-state index in [9.17, 15) is 0 Å². The Labute approximate surface area is 122 Å². The smallest absolute Gasteiger partial charge is 0.0409 e. The summed E-state index contributed by atoms with van der Waals surface area (Å²) < 4.78 is 0. The maximum atomic E-state index is 6.06. The summed E-state index contributed by atoms with van der Waals surface area (Å²) in [5.41, 5.74) is 1.29. The normalized spacial score (nSPS) is 25.2. The summed E-state index contributed by atoms with van der Waals surface area (Å²) in [6.07, 6.45) is 8.20. The molecule has 2 rings (SSSR count). The Bertz CT molecular complexity index is 383. The SMILES string of the molecule is CCCC1CCC(N[C@@H](C)c2cccc(Cl)c2)CC1. The number of nitrogens with one attached hydrogen (secondary N) is 1. The molecule has 0 aromatic heterocycles. The summed E-state index contributed by atoms with van der Waals surface area (Å²) in [6, 6.07) is 9.28. The molecule has 1 aliphatic carbocycles. The van der Waals surface area contributed by atoms with E-state index in [1.165, 1.54) is 44.1 Å². The third kappa shape index (κ3) is 4.50. The molecule has 1 aromatic carbocycles. The lowest BCUT2D eigenvalue weighted by molar-refractivity contribution is 0.266. The molecule has 0 saturated heterocycles. The van der Waals surface area contributed by atoms with E-state index in [1.54, 1.807) is 0 Å². The molecule has 1 N–H and O–H groups in total. The van der Waals surface area contributed by atoms with Crippen LogP contribution in [-0.2, 0) is 0 Å². The number of rotatable bonds is 5. The number of hydrogen-bond donors (Lipinski definition) is 1. The first kappa shape index (κ1) is 14.9. The summed E-state index contributed by atoms with van der Waals surface area (Å²) in [7, 11) is 0. The maximum Gasteiger partial charge on any atom is 0.0409 e. The van der Waals surface area contributed by atoms with Gasteiger partial charge in [-0.2, -0.15) is 0 Å². The third-order valence-electron chi connectivity index (χ3n) is 4.38. The fourth-order valence-electron chi connectivity index (χ4n) is 3.25. The molecule has 0 bridgehead atoms. The van der Waals surface area contributed by atoms with Gasteiger partial charge in [-0.05, 0) is 56.2 Å². The van der Waals surface area contributed by atoms with Crippen molar-refractivity contribution in [3.05, 3.63) is 34.9 Å². The van der Waals surface area contributed by atoms with Gasteiger partial charge in [0.05, 0.1) is 0 Å². The van der Waals surface area contributed by atoms with Crippen LogP contribution in [0.1, 0.15) is 64.0 Å². The minimum atomic E-state index is 0.395. The first-order chi connectivity index (χ1) is 9.19. The lowest BCUT2D eigenvalue weighted by atomic mass is 9.83. The van der Waals surface area contributed by atoms with Crippen LogP contribution in [0.25, 0.3) is 0 Å². The largest absolute Gasteiger partial charge is 0.307 e. The Morgan fingerprint density at radius 1 is 1.26 bits per heavy atom. The molecule has 1 aliphatic rings. The standard InChI is InChI=1S/C17H26ClN/c1-3-5-14-8-10-17(11-9-14)19-13(2)15-6-4-7-16(18)12-15/h4,6-7,12-14,17,19H,3,5,8-11H2,1-2H3/t13-,14?,17?/m0/s1. The fourth-order valence-corrected chi connectivity index (χ4v) is 3.45. The van der Waals surface area contributed by atoms with Crippen LogP contribution in [-0.4, -0.2) is 6.04 Å². The number of hydrogen-bond acceptors (Lipinski definition) is 1. The molecular formula is C17H26ClN. The highest BCUT2D eigenvalue weighted by molar-refractivity contribution is 6.30. The van der Waals surface area contributed by atoms with E-state index in [1.807, 2.05) is 12.1 Å². The van der Waals surface area contributed by atoms with E-state index >= 15 is 0 Å².